The molecular formula is C23H27N3O2. The molecule has 1 saturated heterocycles. The van der Waals surface area contributed by atoms with Gasteiger partial charge in [-0.2, -0.15) is 0 Å². The van der Waals surface area contributed by atoms with Gasteiger partial charge in [0.25, 0.3) is 5.56 Å². The second-order valence-corrected chi connectivity index (χ2v) is 7.77. The van der Waals surface area contributed by atoms with Crippen LogP contribution in [-0.2, 0) is 13.6 Å². The van der Waals surface area contributed by atoms with Gasteiger partial charge in [0.2, 0.25) is 0 Å². The minimum absolute atomic E-state index is 0.0220. The Morgan fingerprint density at radius 1 is 1.11 bits per heavy atom. The highest BCUT2D eigenvalue weighted by atomic mass is 16.5. The average Bonchev–Trinajstić information content (AvgIpc) is 2.70. The summed E-state index contributed by atoms with van der Waals surface area (Å²) in [5.41, 5.74) is 3.20. The summed E-state index contributed by atoms with van der Waals surface area (Å²) in [6.45, 7) is 6.76. The van der Waals surface area contributed by atoms with Crippen molar-refractivity contribution in [1.82, 2.24) is 14.5 Å². The first kappa shape index (κ1) is 18.7. The monoisotopic (exact) mass is 377 g/mol. The van der Waals surface area contributed by atoms with E-state index in [4.69, 9.17) is 9.72 Å². The van der Waals surface area contributed by atoms with E-state index in [1.807, 2.05) is 31.3 Å². The minimum atomic E-state index is 0.0220. The second-order valence-electron chi connectivity index (χ2n) is 7.77. The van der Waals surface area contributed by atoms with Crippen molar-refractivity contribution in [3.8, 4) is 5.75 Å². The van der Waals surface area contributed by atoms with Crippen LogP contribution in [0.2, 0.25) is 0 Å². The van der Waals surface area contributed by atoms with Gasteiger partial charge in [0.15, 0.2) is 0 Å². The zero-order valence-corrected chi connectivity index (χ0v) is 16.8. The number of fused-ring (bicyclic) bond motifs is 1. The Hall–Kier alpha value is -2.66. The zero-order valence-electron chi connectivity index (χ0n) is 16.8. The molecule has 3 aromatic rings. The van der Waals surface area contributed by atoms with Crippen molar-refractivity contribution in [2.75, 3.05) is 13.1 Å². The van der Waals surface area contributed by atoms with Crippen LogP contribution < -0.4 is 10.3 Å². The predicted molar refractivity (Wildman–Crippen MR) is 112 cm³/mol. The van der Waals surface area contributed by atoms with Crippen LogP contribution in [0.5, 0.6) is 5.75 Å². The maximum absolute atomic E-state index is 12.6. The molecule has 0 bridgehead atoms. The van der Waals surface area contributed by atoms with Crippen LogP contribution in [-0.4, -0.2) is 33.6 Å². The van der Waals surface area contributed by atoms with E-state index >= 15 is 0 Å². The molecule has 0 aliphatic carbocycles. The first-order valence-corrected chi connectivity index (χ1v) is 9.92. The van der Waals surface area contributed by atoms with Crippen molar-refractivity contribution in [1.29, 1.82) is 0 Å². The van der Waals surface area contributed by atoms with Crippen molar-refractivity contribution in [2.45, 2.75) is 39.3 Å². The largest absolute Gasteiger partial charge is 0.490 e. The third-order valence-electron chi connectivity index (χ3n) is 5.61. The molecule has 2 aromatic carbocycles. The Morgan fingerprint density at radius 2 is 1.86 bits per heavy atom. The van der Waals surface area contributed by atoms with E-state index in [0.717, 1.165) is 43.0 Å². The number of para-hydroxylation sites is 1. The summed E-state index contributed by atoms with van der Waals surface area (Å²) in [6.07, 6.45) is 2.20. The minimum Gasteiger partial charge on any atom is -0.490 e. The first-order valence-electron chi connectivity index (χ1n) is 9.92. The normalized spacial score (nSPS) is 15.8. The molecule has 0 N–H and O–H groups in total. The average molecular weight is 377 g/mol. The molecule has 5 heteroatoms. The van der Waals surface area contributed by atoms with Crippen LogP contribution in [0.3, 0.4) is 0 Å². The lowest BCUT2D eigenvalue weighted by Crippen LogP contribution is -2.39. The lowest BCUT2D eigenvalue weighted by atomic mass is 10.1. The van der Waals surface area contributed by atoms with Gasteiger partial charge in [-0.3, -0.25) is 14.3 Å². The molecule has 0 atom stereocenters. The number of hydrogen-bond acceptors (Lipinski definition) is 4. The Labute approximate surface area is 165 Å². The second kappa shape index (κ2) is 7.76. The number of ether oxygens (including phenoxy) is 1. The molecule has 1 aliphatic rings. The van der Waals surface area contributed by atoms with Crippen molar-refractivity contribution in [3.63, 3.8) is 0 Å². The summed E-state index contributed by atoms with van der Waals surface area (Å²) in [4.78, 5) is 19.7. The number of aromatic nitrogens is 2. The van der Waals surface area contributed by atoms with E-state index in [1.165, 1.54) is 11.1 Å². The predicted octanol–water partition coefficient (Wildman–Crippen LogP) is 3.59. The summed E-state index contributed by atoms with van der Waals surface area (Å²) in [5, 5.41) is 0.675. The summed E-state index contributed by atoms with van der Waals surface area (Å²) >= 11 is 0. The molecule has 0 unspecified atom stereocenters. The number of hydrogen-bond donors (Lipinski definition) is 0. The van der Waals surface area contributed by atoms with E-state index in [2.05, 4.69) is 36.9 Å². The van der Waals surface area contributed by atoms with Gasteiger partial charge < -0.3 is 4.74 Å². The Bertz CT molecular complexity index is 1050. The van der Waals surface area contributed by atoms with Gasteiger partial charge in [-0.25, -0.2) is 4.98 Å². The molecule has 146 valence electrons. The molecule has 0 saturated carbocycles. The molecule has 28 heavy (non-hydrogen) atoms. The number of piperidine rings is 1. The topological polar surface area (TPSA) is 47.4 Å². The van der Waals surface area contributed by atoms with Crippen LogP contribution in [0, 0.1) is 13.8 Å². The number of nitrogens with zero attached hydrogens (tertiary/aromatic N) is 3. The fourth-order valence-corrected chi connectivity index (χ4v) is 3.80. The van der Waals surface area contributed by atoms with E-state index in [0.29, 0.717) is 11.9 Å². The Balaban J connectivity index is 1.42. The molecule has 2 heterocycles. The van der Waals surface area contributed by atoms with Gasteiger partial charge in [-0.05, 0) is 56.0 Å². The highest BCUT2D eigenvalue weighted by Gasteiger charge is 2.22. The fourth-order valence-electron chi connectivity index (χ4n) is 3.80. The maximum Gasteiger partial charge on any atom is 0.261 e. The van der Waals surface area contributed by atoms with Gasteiger partial charge >= 0.3 is 0 Å². The molecule has 0 spiro atoms. The van der Waals surface area contributed by atoms with Crippen molar-refractivity contribution in [2.24, 2.45) is 7.05 Å². The molecule has 1 fully saturated rings. The molecule has 4 rings (SSSR count). The molecule has 1 aliphatic heterocycles. The molecule has 5 nitrogen and oxygen atoms in total. The number of likely N-dealkylation sites (tertiary alicyclic amines) is 1. The smallest absolute Gasteiger partial charge is 0.261 e. The Kier molecular flexibility index (Phi) is 5.18. The zero-order chi connectivity index (χ0) is 19.7. The van der Waals surface area contributed by atoms with Crippen molar-refractivity contribution < 1.29 is 4.74 Å². The van der Waals surface area contributed by atoms with Gasteiger partial charge in [0, 0.05) is 20.1 Å². The van der Waals surface area contributed by atoms with Crippen LogP contribution in [0.25, 0.3) is 10.9 Å². The lowest BCUT2D eigenvalue weighted by Gasteiger charge is -2.32. The van der Waals surface area contributed by atoms with E-state index < -0.39 is 0 Å². The van der Waals surface area contributed by atoms with Gasteiger partial charge in [-0.1, -0.05) is 24.3 Å². The summed E-state index contributed by atoms with van der Waals surface area (Å²) < 4.78 is 7.95. The maximum atomic E-state index is 12.6. The third kappa shape index (κ3) is 3.80. The van der Waals surface area contributed by atoms with Crippen molar-refractivity contribution in [3.05, 3.63) is 69.8 Å². The van der Waals surface area contributed by atoms with E-state index in [-0.39, 0.29) is 11.7 Å². The van der Waals surface area contributed by atoms with E-state index in [1.54, 1.807) is 4.57 Å². The van der Waals surface area contributed by atoms with E-state index in [9.17, 15) is 4.79 Å². The standard InChI is InChI=1S/C23H27N3O2/c1-16-8-9-17(2)21(14-16)28-18-10-12-26(13-11-18)15-22-24-20-7-5-4-6-19(20)23(27)25(22)3/h4-9,14,18H,10-13,15H2,1-3H3. The number of aryl methyl sites for hydroxylation is 2. The lowest BCUT2D eigenvalue weighted by molar-refractivity contribution is 0.0941. The van der Waals surface area contributed by atoms with Gasteiger partial charge in [-0.15, -0.1) is 0 Å². The van der Waals surface area contributed by atoms with Crippen LogP contribution in [0.4, 0.5) is 0 Å². The summed E-state index contributed by atoms with van der Waals surface area (Å²) in [5.74, 6) is 1.81. The molecule has 0 radical (unpaired) electrons. The van der Waals surface area contributed by atoms with Crippen molar-refractivity contribution >= 4 is 10.9 Å². The highest BCUT2D eigenvalue weighted by Crippen LogP contribution is 2.24. The van der Waals surface area contributed by atoms with Crippen LogP contribution in [0.15, 0.2) is 47.3 Å². The van der Waals surface area contributed by atoms with Crippen LogP contribution >= 0.6 is 0 Å². The first-order chi connectivity index (χ1) is 13.5. The molecular weight excluding hydrogens is 350 g/mol. The molecule has 1 aromatic heterocycles. The summed E-state index contributed by atoms with van der Waals surface area (Å²) in [7, 11) is 1.81. The highest BCUT2D eigenvalue weighted by molar-refractivity contribution is 5.77. The third-order valence-corrected chi connectivity index (χ3v) is 5.61. The fraction of sp³-hybridized carbons (Fsp3) is 0.391. The van der Waals surface area contributed by atoms with Gasteiger partial charge in [0.05, 0.1) is 17.4 Å². The Morgan fingerprint density at radius 3 is 2.64 bits per heavy atom. The number of rotatable bonds is 4. The SMILES string of the molecule is Cc1ccc(C)c(OC2CCN(Cc3nc4ccccc4c(=O)n3C)CC2)c1. The number of benzene rings is 2. The quantitative estimate of drug-likeness (QED) is 0.697. The van der Waals surface area contributed by atoms with Gasteiger partial charge in [0.1, 0.15) is 17.7 Å². The van der Waals surface area contributed by atoms with Crippen LogP contribution in [0.1, 0.15) is 29.8 Å². The molecule has 0 amide bonds. The summed E-state index contributed by atoms with van der Waals surface area (Å²) in [6, 6.07) is 13.9.